The van der Waals surface area contributed by atoms with E-state index in [-0.39, 0.29) is 12.5 Å². The average molecular weight is 306 g/mol. The molecule has 1 heterocycles. The van der Waals surface area contributed by atoms with E-state index in [2.05, 4.69) is 5.32 Å². The van der Waals surface area contributed by atoms with Gasteiger partial charge in [-0.2, -0.15) is 0 Å². The largest absolute Gasteiger partial charge is 0.353 e. The van der Waals surface area contributed by atoms with E-state index in [4.69, 9.17) is 9.47 Å². The molecule has 1 aromatic rings. The highest BCUT2D eigenvalue weighted by Crippen LogP contribution is 2.29. The number of imide groups is 1. The molecule has 0 spiro atoms. The van der Waals surface area contributed by atoms with Gasteiger partial charge in [-0.3, -0.25) is 9.69 Å². The molecule has 22 heavy (non-hydrogen) atoms. The topological polar surface area (TPSA) is 67.9 Å². The lowest BCUT2D eigenvalue weighted by molar-refractivity contribution is -0.169. The van der Waals surface area contributed by atoms with Crippen molar-refractivity contribution in [3.63, 3.8) is 0 Å². The van der Waals surface area contributed by atoms with Crippen LogP contribution >= 0.6 is 0 Å². The summed E-state index contributed by atoms with van der Waals surface area (Å²) in [4.78, 5) is 26.4. The summed E-state index contributed by atoms with van der Waals surface area (Å²) in [6.45, 7) is 2.18. The third-order valence-electron chi connectivity index (χ3n) is 3.86. The second-order valence-electron chi connectivity index (χ2n) is 5.33. The van der Waals surface area contributed by atoms with Gasteiger partial charge in [-0.05, 0) is 12.0 Å². The van der Waals surface area contributed by atoms with Crippen LogP contribution in [0.4, 0.5) is 4.79 Å². The first-order valence-corrected chi connectivity index (χ1v) is 7.32. The Hall–Kier alpha value is -1.92. The lowest BCUT2D eigenvalue weighted by atomic mass is 9.92. The first-order chi connectivity index (χ1) is 10.6. The number of carbonyl (C=O) groups is 2. The van der Waals surface area contributed by atoms with Gasteiger partial charge in [-0.25, -0.2) is 4.79 Å². The average Bonchev–Trinajstić information content (AvgIpc) is 2.75. The zero-order chi connectivity index (χ0) is 16.2. The monoisotopic (exact) mass is 306 g/mol. The van der Waals surface area contributed by atoms with E-state index in [1.54, 1.807) is 0 Å². The maximum absolute atomic E-state index is 12.9. The van der Waals surface area contributed by atoms with Gasteiger partial charge in [-0.15, -0.1) is 0 Å². The summed E-state index contributed by atoms with van der Waals surface area (Å²) in [6, 6.07) is 8.99. The number of nitrogens with one attached hydrogen (secondary N) is 1. The molecular weight excluding hydrogens is 284 g/mol. The molecule has 2 rings (SSSR count). The molecule has 6 heteroatoms. The number of ether oxygens (including phenoxy) is 2. The van der Waals surface area contributed by atoms with Gasteiger partial charge in [0.15, 0.2) is 11.8 Å². The summed E-state index contributed by atoms with van der Waals surface area (Å²) in [5.74, 6) is -0.308. The Kier molecular flexibility index (Phi) is 5.15. The van der Waals surface area contributed by atoms with Crippen molar-refractivity contribution in [1.82, 2.24) is 10.2 Å². The lowest BCUT2D eigenvalue weighted by Crippen LogP contribution is -2.57. The molecule has 0 aromatic heterocycles. The summed E-state index contributed by atoms with van der Waals surface area (Å²) in [6.07, 6.45) is 0.355. The first-order valence-electron chi connectivity index (χ1n) is 7.32. The van der Waals surface area contributed by atoms with Crippen molar-refractivity contribution < 1.29 is 19.1 Å². The summed E-state index contributed by atoms with van der Waals surface area (Å²) in [5.41, 5.74) is -0.269. The fourth-order valence-corrected chi connectivity index (χ4v) is 2.89. The predicted octanol–water partition coefficient (Wildman–Crippen LogP) is 1.90. The highest BCUT2D eigenvalue weighted by Gasteiger charge is 2.56. The molecule has 3 amide bonds. The quantitative estimate of drug-likeness (QED) is 0.617. The third kappa shape index (κ3) is 2.84. The zero-order valence-corrected chi connectivity index (χ0v) is 13.2. The lowest BCUT2D eigenvalue weighted by Gasteiger charge is -2.32. The maximum Gasteiger partial charge on any atom is 0.325 e. The Bertz CT molecular complexity index is 530. The molecule has 1 aliphatic heterocycles. The number of rotatable bonds is 7. The van der Waals surface area contributed by atoms with Crippen LogP contribution in [0.3, 0.4) is 0 Å². The number of methoxy groups -OCH3 is 2. The zero-order valence-electron chi connectivity index (χ0n) is 13.2. The molecule has 1 atom stereocenters. The molecule has 0 radical (unpaired) electrons. The van der Waals surface area contributed by atoms with Crippen LogP contribution in [0.25, 0.3) is 0 Å². The molecule has 120 valence electrons. The van der Waals surface area contributed by atoms with E-state index >= 15 is 0 Å². The molecule has 0 bridgehead atoms. The van der Waals surface area contributed by atoms with Gasteiger partial charge >= 0.3 is 6.03 Å². The highest BCUT2D eigenvalue weighted by molar-refractivity contribution is 6.07. The summed E-state index contributed by atoms with van der Waals surface area (Å²) in [7, 11) is 2.93. The Morgan fingerprint density at radius 3 is 2.36 bits per heavy atom. The number of nitrogens with zero attached hydrogens (tertiary/aromatic N) is 1. The van der Waals surface area contributed by atoms with E-state index in [9.17, 15) is 9.59 Å². The van der Waals surface area contributed by atoms with E-state index in [0.717, 1.165) is 5.56 Å². The second kappa shape index (κ2) is 6.89. The minimum absolute atomic E-state index is 0.233. The van der Waals surface area contributed by atoms with Crippen LogP contribution in [0, 0.1) is 0 Å². The van der Waals surface area contributed by atoms with Gasteiger partial charge < -0.3 is 14.8 Å². The van der Waals surface area contributed by atoms with Crippen LogP contribution in [0.15, 0.2) is 30.3 Å². The molecule has 1 N–H and O–H groups in total. The molecular formula is C16H22N2O4. The first kappa shape index (κ1) is 16.5. The van der Waals surface area contributed by atoms with E-state index in [1.165, 1.54) is 19.1 Å². The van der Waals surface area contributed by atoms with Crippen molar-refractivity contribution in [3.05, 3.63) is 35.9 Å². The van der Waals surface area contributed by atoms with Crippen LogP contribution in [-0.4, -0.2) is 42.9 Å². The molecule has 1 saturated heterocycles. The third-order valence-corrected chi connectivity index (χ3v) is 3.86. The van der Waals surface area contributed by atoms with Crippen molar-refractivity contribution in [3.8, 4) is 0 Å². The second-order valence-corrected chi connectivity index (χ2v) is 5.33. The maximum atomic E-state index is 12.9. The van der Waals surface area contributed by atoms with Gasteiger partial charge in [0.05, 0.1) is 6.54 Å². The number of carbonyl (C=O) groups excluding carboxylic acids is 2. The van der Waals surface area contributed by atoms with Gasteiger partial charge in [0.2, 0.25) is 0 Å². The number of hydrogen-bond acceptors (Lipinski definition) is 4. The Morgan fingerprint density at radius 2 is 1.82 bits per heavy atom. The van der Waals surface area contributed by atoms with Gasteiger partial charge in [0.25, 0.3) is 5.91 Å². The Morgan fingerprint density at radius 1 is 1.18 bits per heavy atom. The number of amides is 3. The Balaban J connectivity index is 2.28. The molecule has 0 saturated carbocycles. The van der Waals surface area contributed by atoms with Gasteiger partial charge in [0, 0.05) is 14.2 Å². The molecule has 1 unspecified atom stereocenters. The van der Waals surface area contributed by atoms with Gasteiger partial charge in [-0.1, -0.05) is 43.7 Å². The fourth-order valence-electron chi connectivity index (χ4n) is 2.89. The molecule has 1 fully saturated rings. The van der Waals surface area contributed by atoms with E-state index < -0.39 is 17.9 Å². The summed E-state index contributed by atoms with van der Waals surface area (Å²) >= 11 is 0. The highest BCUT2D eigenvalue weighted by atomic mass is 16.7. The van der Waals surface area contributed by atoms with E-state index in [0.29, 0.717) is 12.8 Å². The van der Waals surface area contributed by atoms with Crippen LogP contribution in [0.5, 0.6) is 0 Å². The molecule has 6 nitrogen and oxygen atoms in total. The van der Waals surface area contributed by atoms with Crippen LogP contribution < -0.4 is 5.32 Å². The number of benzene rings is 1. The molecule has 0 aliphatic carbocycles. The van der Waals surface area contributed by atoms with Crippen LogP contribution in [0.2, 0.25) is 0 Å². The number of hydrogen-bond donors (Lipinski definition) is 1. The van der Waals surface area contributed by atoms with Crippen molar-refractivity contribution in [2.75, 3.05) is 14.2 Å². The summed E-state index contributed by atoms with van der Waals surface area (Å²) < 4.78 is 10.5. The van der Waals surface area contributed by atoms with Crippen molar-refractivity contribution in [2.24, 2.45) is 0 Å². The normalized spacial score (nSPS) is 21.5. The number of urea groups is 1. The summed E-state index contributed by atoms with van der Waals surface area (Å²) in [5, 5.41) is 2.78. The van der Waals surface area contributed by atoms with Crippen molar-refractivity contribution >= 4 is 11.9 Å². The van der Waals surface area contributed by atoms with Crippen LogP contribution in [-0.2, 0) is 20.8 Å². The Labute approximate surface area is 130 Å². The fraction of sp³-hybridized carbons (Fsp3) is 0.500. The van der Waals surface area contributed by atoms with Crippen molar-refractivity contribution in [2.45, 2.75) is 38.1 Å². The minimum atomic E-state index is -1.16. The standard InChI is InChI=1S/C16H22N2O4/c1-4-10-16(14(21-2)22-3)13(19)18(15(20)17-16)11-12-8-6-5-7-9-12/h5-9,14H,4,10-11H2,1-3H3,(H,17,20). The smallest absolute Gasteiger partial charge is 0.325 e. The van der Waals surface area contributed by atoms with Crippen LogP contribution in [0.1, 0.15) is 25.3 Å². The van der Waals surface area contributed by atoms with E-state index in [1.807, 2.05) is 37.3 Å². The SMILES string of the molecule is CCCC1(C(OC)OC)NC(=O)N(Cc2ccccc2)C1=O. The molecule has 1 aliphatic rings. The van der Waals surface area contributed by atoms with Crippen molar-refractivity contribution in [1.29, 1.82) is 0 Å². The molecule has 1 aromatic carbocycles. The van der Waals surface area contributed by atoms with Gasteiger partial charge in [0.1, 0.15) is 0 Å². The minimum Gasteiger partial charge on any atom is -0.353 e. The predicted molar refractivity (Wildman–Crippen MR) is 81.0 cm³/mol.